The third kappa shape index (κ3) is 5.22. The molecule has 0 aliphatic rings. The van der Waals surface area contributed by atoms with Gasteiger partial charge in [0.25, 0.3) is 0 Å². The van der Waals surface area contributed by atoms with Crippen molar-refractivity contribution in [3.05, 3.63) is 29.8 Å². The molecule has 0 saturated carbocycles. The van der Waals surface area contributed by atoms with Crippen LogP contribution in [-0.4, -0.2) is 29.3 Å². The van der Waals surface area contributed by atoms with E-state index < -0.39 is 12.0 Å². The Balaban J connectivity index is 2.53. The quantitative estimate of drug-likeness (QED) is 0.667. The number of hydrogen-bond donors (Lipinski definition) is 3. The molecule has 0 aromatic heterocycles. The van der Waals surface area contributed by atoms with Gasteiger partial charge in [-0.15, -0.1) is 11.8 Å². The highest BCUT2D eigenvalue weighted by molar-refractivity contribution is 7.98. The van der Waals surface area contributed by atoms with Crippen LogP contribution in [0.5, 0.6) is 0 Å². The summed E-state index contributed by atoms with van der Waals surface area (Å²) in [5.74, 6) is -1.28. The number of benzene rings is 1. The van der Waals surface area contributed by atoms with Crippen molar-refractivity contribution < 1.29 is 14.7 Å². The van der Waals surface area contributed by atoms with Gasteiger partial charge in [0, 0.05) is 11.3 Å². The molecule has 4 N–H and O–H groups in total. The number of carboxylic acids is 1. The van der Waals surface area contributed by atoms with Gasteiger partial charge in [-0.2, -0.15) is 0 Å². The van der Waals surface area contributed by atoms with E-state index in [2.05, 4.69) is 5.32 Å². The van der Waals surface area contributed by atoms with Gasteiger partial charge in [-0.25, -0.2) is 0 Å². The Morgan fingerprint density at radius 2 is 1.95 bits per heavy atom. The molecule has 0 aliphatic carbocycles. The lowest BCUT2D eigenvalue weighted by atomic mass is 10.1. The molecule has 0 fully saturated rings. The van der Waals surface area contributed by atoms with Gasteiger partial charge in [0.05, 0.1) is 12.1 Å². The maximum Gasteiger partial charge on any atom is 0.303 e. The summed E-state index contributed by atoms with van der Waals surface area (Å²) >= 11 is 1.65. The highest BCUT2D eigenvalue weighted by atomic mass is 32.2. The fourth-order valence-corrected chi connectivity index (χ4v) is 2.11. The first-order chi connectivity index (χ1) is 9.43. The van der Waals surface area contributed by atoms with E-state index in [-0.39, 0.29) is 24.8 Å². The third-order valence-electron chi connectivity index (χ3n) is 2.98. The second-order valence-corrected chi connectivity index (χ2v) is 5.42. The van der Waals surface area contributed by atoms with Crippen LogP contribution in [0, 0.1) is 0 Å². The van der Waals surface area contributed by atoms with E-state index in [0.717, 1.165) is 10.5 Å². The highest BCUT2D eigenvalue weighted by Gasteiger charge is 2.17. The smallest absolute Gasteiger partial charge is 0.303 e. The number of carbonyl (C=O) groups is 2. The molecule has 6 heteroatoms. The largest absolute Gasteiger partial charge is 0.481 e. The zero-order valence-corrected chi connectivity index (χ0v) is 12.4. The Hall–Kier alpha value is -1.53. The molecule has 5 nitrogen and oxygen atoms in total. The maximum atomic E-state index is 11.8. The molecule has 0 spiro atoms. The number of amides is 1. The molecule has 1 aromatic rings. The van der Waals surface area contributed by atoms with Gasteiger partial charge in [0.1, 0.15) is 0 Å². The molecule has 1 aromatic carbocycles. The Morgan fingerprint density at radius 1 is 1.35 bits per heavy atom. The second kappa shape index (κ2) is 7.91. The first-order valence-corrected chi connectivity index (χ1v) is 7.58. The second-order valence-electron chi connectivity index (χ2n) is 4.54. The molecule has 0 aliphatic heterocycles. The van der Waals surface area contributed by atoms with Crippen LogP contribution < -0.4 is 11.1 Å². The highest BCUT2D eigenvalue weighted by Crippen LogP contribution is 2.18. The molecule has 0 radical (unpaired) electrons. The lowest BCUT2D eigenvalue weighted by Gasteiger charge is -2.17. The number of nitrogens with two attached hydrogens (primary N) is 1. The molecule has 110 valence electrons. The minimum absolute atomic E-state index is 0.106. The van der Waals surface area contributed by atoms with Crippen molar-refractivity contribution in [2.24, 2.45) is 5.73 Å². The van der Waals surface area contributed by atoms with Crippen molar-refractivity contribution in [3.63, 3.8) is 0 Å². The summed E-state index contributed by atoms with van der Waals surface area (Å²) in [4.78, 5) is 23.4. The van der Waals surface area contributed by atoms with Gasteiger partial charge < -0.3 is 16.2 Å². The Labute approximate surface area is 122 Å². The van der Waals surface area contributed by atoms with Crippen LogP contribution in [0.1, 0.15) is 31.4 Å². The van der Waals surface area contributed by atoms with Crippen molar-refractivity contribution in [1.29, 1.82) is 0 Å². The fraction of sp³-hybridized carbons (Fsp3) is 0.429. The van der Waals surface area contributed by atoms with Crippen molar-refractivity contribution >= 4 is 23.6 Å². The Kier molecular flexibility index (Phi) is 6.54. The zero-order valence-electron chi connectivity index (χ0n) is 11.6. The van der Waals surface area contributed by atoms with E-state index in [4.69, 9.17) is 10.8 Å². The summed E-state index contributed by atoms with van der Waals surface area (Å²) in [7, 11) is 0. The van der Waals surface area contributed by atoms with Crippen molar-refractivity contribution in [1.82, 2.24) is 5.32 Å². The summed E-state index contributed by atoms with van der Waals surface area (Å²) in [5, 5.41) is 11.4. The molecular formula is C14H20N2O3S. The van der Waals surface area contributed by atoms with E-state index in [0.29, 0.717) is 0 Å². The van der Waals surface area contributed by atoms with E-state index in [1.807, 2.05) is 37.4 Å². The van der Waals surface area contributed by atoms with Gasteiger partial charge in [0.2, 0.25) is 5.91 Å². The van der Waals surface area contributed by atoms with Crippen LogP contribution >= 0.6 is 11.8 Å². The summed E-state index contributed by atoms with van der Waals surface area (Å²) < 4.78 is 0. The number of nitrogens with one attached hydrogen (secondary N) is 1. The number of rotatable bonds is 7. The Morgan fingerprint density at radius 3 is 2.45 bits per heavy atom. The van der Waals surface area contributed by atoms with E-state index in [1.54, 1.807) is 11.8 Å². The predicted octanol–water partition coefficient (Wildman–Crippen LogP) is 1.78. The normalized spacial score (nSPS) is 13.6. The van der Waals surface area contributed by atoms with Crippen molar-refractivity contribution in [3.8, 4) is 0 Å². The van der Waals surface area contributed by atoms with E-state index in [1.165, 1.54) is 0 Å². The van der Waals surface area contributed by atoms with E-state index in [9.17, 15) is 9.59 Å². The lowest BCUT2D eigenvalue weighted by molar-refractivity contribution is -0.137. The summed E-state index contributed by atoms with van der Waals surface area (Å²) in [5.41, 5.74) is 6.65. The van der Waals surface area contributed by atoms with Crippen LogP contribution in [0.3, 0.4) is 0 Å². The fourth-order valence-electron chi connectivity index (χ4n) is 1.71. The van der Waals surface area contributed by atoms with E-state index >= 15 is 0 Å². The molecule has 1 rings (SSSR count). The predicted molar refractivity (Wildman–Crippen MR) is 79.6 cm³/mol. The SMILES string of the molecule is CSc1ccc(C(C)NC(=O)C(N)CCC(=O)O)cc1. The minimum atomic E-state index is -0.950. The minimum Gasteiger partial charge on any atom is -0.481 e. The van der Waals surface area contributed by atoms with Crippen LogP contribution in [0.15, 0.2) is 29.2 Å². The number of aliphatic carboxylic acids is 1. The first-order valence-electron chi connectivity index (χ1n) is 6.35. The first kappa shape index (κ1) is 16.5. The maximum absolute atomic E-state index is 11.8. The summed E-state index contributed by atoms with van der Waals surface area (Å²) in [6, 6.07) is 6.95. The van der Waals surface area contributed by atoms with Crippen LogP contribution in [0.4, 0.5) is 0 Å². The topological polar surface area (TPSA) is 92.4 Å². The molecule has 0 saturated heterocycles. The third-order valence-corrected chi connectivity index (χ3v) is 3.72. The molecular weight excluding hydrogens is 276 g/mol. The van der Waals surface area contributed by atoms with Gasteiger partial charge in [-0.3, -0.25) is 9.59 Å². The van der Waals surface area contributed by atoms with Crippen LogP contribution in [-0.2, 0) is 9.59 Å². The Bertz CT molecular complexity index is 462. The number of hydrogen-bond acceptors (Lipinski definition) is 4. The average Bonchev–Trinajstić information content (AvgIpc) is 2.44. The number of carbonyl (C=O) groups excluding carboxylic acids is 1. The molecule has 2 unspecified atom stereocenters. The summed E-state index contributed by atoms with van der Waals surface area (Å²) in [6.45, 7) is 1.87. The molecule has 2 atom stereocenters. The van der Waals surface area contributed by atoms with Crippen LogP contribution in [0.2, 0.25) is 0 Å². The van der Waals surface area contributed by atoms with Crippen LogP contribution in [0.25, 0.3) is 0 Å². The summed E-state index contributed by atoms with van der Waals surface area (Å²) in [6.07, 6.45) is 2.03. The average molecular weight is 296 g/mol. The van der Waals surface area contributed by atoms with Gasteiger partial charge in [-0.05, 0) is 37.3 Å². The number of carboxylic acid groups (broad SMARTS) is 1. The van der Waals surface area contributed by atoms with Gasteiger partial charge in [-0.1, -0.05) is 12.1 Å². The molecule has 0 heterocycles. The monoisotopic (exact) mass is 296 g/mol. The molecule has 1 amide bonds. The van der Waals surface area contributed by atoms with Gasteiger partial charge >= 0.3 is 5.97 Å². The lowest BCUT2D eigenvalue weighted by Crippen LogP contribution is -2.41. The van der Waals surface area contributed by atoms with Gasteiger partial charge in [0.15, 0.2) is 0 Å². The standard InChI is InChI=1S/C14H20N2O3S/c1-9(10-3-5-11(20-2)6-4-10)16-14(19)12(15)7-8-13(17)18/h3-6,9,12H,7-8,15H2,1-2H3,(H,16,19)(H,17,18). The van der Waals surface area contributed by atoms with Crippen molar-refractivity contribution in [2.45, 2.75) is 36.7 Å². The number of thioether (sulfide) groups is 1. The molecule has 0 bridgehead atoms. The molecule has 20 heavy (non-hydrogen) atoms. The zero-order chi connectivity index (χ0) is 15.1. The van der Waals surface area contributed by atoms with Crippen molar-refractivity contribution in [2.75, 3.05) is 6.26 Å².